The zero-order chi connectivity index (χ0) is 13.8. The van der Waals surface area contributed by atoms with Gasteiger partial charge in [0.2, 0.25) is 5.89 Å². The van der Waals surface area contributed by atoms with Crippen molar-refractivity contribution < 1.29 is 4.42 Å². The van der Waals surface area contributed by atoms with Crippen molar-refractivity contribution in [2.75, 3.05) is 0 Å². The molecule has 1 N–H and O–H groups in total. The molecule has 0 amide bonds. The molecule has 2 aromatic rings. The summed E-state index contributed by atoms with van der Waals surface area (Å²) in [5.74, 6) is 1.70. The van der Waals surface area contributed by atoms with Crippen LogP contribution in [0.25, 0.3) is 0 Å². The minimum Gasteiger partial charge on any atom is -0.444 e. The summed E-state index contributed by atoms with van der Waals surface area (Å²) in [6, 6.07) is 6.85. The number of oxazole rings is 1. The molecule has 0 aliphatic carbocycles. The predicted octanol–water partition coefficient (Wildman–Crippen LogP) is 3.70. The van der Waals surface area contributed by atoms with Gasteiger partial charge in [0.05, 0.1) is 12.7 Å². The summed E-state index contributed by atoms with van der Waals surface area (Å²) < 4.78 is 5.59. The van der Waals surface area contributed by atoms with Gasteiger partial charge in [-0.05, 0) is 31.9 Å². The van der Waals surface area contributed by atoms with Crippen LogP contribution >= 0.6 is 0 Å². The molecule has 0 saturated heterocycles. The van der Waals surface area contributed by atoms with Crippen LogP contribution in [0.2, 0.25) is 0 Å². The quantitative estimate of drug-likeness (QED) is 0.888. The van der Waals surface area contributed by atoms with Crippen molar-refractivity contribution in [1.82, 2.24) is 10.3 Å². The maximum Gasteiger partial charge on any atom is 0.208 e. The standard InChI is InChI=1S/C16H22N2O/c1-5-14-9-18-16(19-14)10-17-13(4)15-7-6-11(2)8-12(15)3/h6-9,13,17H,5,10H2,1-4H3. The molecule has 0 aliphatic rings. The molecule has 3 nitrogen and oxygen atoms in total. The lowest BCUT2D eigenvalue weighted by molar-refractivity contribution is 0.424. The summed E-state index contributed by atoms with van der Waals surface area (Å²) in [5.41, 5.74) is 3.95. The summed E-state index contributed by atoms with van der Waals surface area (Å²) >= 11 is 0. The number of aromatic nitrogens is 1. The van der Waals surface area contributed by atoms with Gasteiger partial charge < -0.3 is 9.73 Å². The van der Waals surface area contributed by atoms with E-state index >= 15 is 0 Å². The molecular weight excluding hydrogens is 236 g/mol. The maximum absolute atomic E-state index is 5.59. The molecule has 1 atom stereocenters. The Morgan fingerprint density at radius 1 is 1.32 bits per heavy atom. The highest BCUT2D eigenvalue weighted by Crippen LogP contribution is 2.19. The van der Waals surface area contributed by atoms with Crippen LogP contribution in [0.15, 0.2) is 28.8 Å². The van der Waals surface area contributed by atoms with Crippen LogP contribution < -0.4 is 5.32 Å². The van der Waals surface area contributed by atoms with Crippen molar-refractivity contribution in [3.63, 3.8) is 0 Å². The Labute approximate surface area is 115 Å². The molecule has 1 aromatic heterocycles. The number of nitrogens with one attached hydrogen (secondary N) is 1. The van der Waals surface area contributed by atoms with Crippen LogP contribution in [0.4, 0.5) is 0 Å². The van der Waals surface area contributed by atoms with Gasteiger partial charge in [-0.15, -0.1) is 0 Å². The van der Waals surface area contributed by atoms with Gasteiger partial charge in [-0.25, -0.2) is 4.98 Å². The van der Waals surface area contributed by atoms with Crippen molar-refractivity contribution in [2.24, 2.45) is 0 Å². The monoisotopic (exact) mass is 258 g/mol. The largest absolute Gasteiger partial charge is 0.444 e. The number of hydrogen-bond donors (Lipinski definition) is 1. The Hall–Kier alpha value is -1.61. The Morgan fingerprint density at radius 3 is 2.74 bits per heavy atom. The van der Waals surface area contributed by atoms with Gasteiger partial charge in [0.1, 0.15) is 5.76 Å². The molecule has 3 heteroatoms. The van der Waals surface area contributed by atoms with Gasteiger partial charge in [0.25, 0.3) is 0 Å². The second kappa shape index (κ2) is 6.02. The highest BCUT2D eigenvalue weighted by Gasteiger charge is 2.09. The second-order valence-corrected chi connectivity index (χ2v) is 5.04. The molecule has 0 radical (unpaired) electrons. The average Bonchev–Trinajstić information content (AvgIpc) is 2.84. The number of aryl methyl sites for hydroxylation is 3. The van der Waals surface area contributed by atoms with Crippen LogP contribution in [0.5, 0.6) is 0 Å². The molecular formula is C16H22N2O. The predicted molar refractivity (Wildman–Crippen MR) is 77.1 cm³/mol. The summed E-state index contributed by atoms with van der Waals surface area (Å²) in [6.07, 6.45) is 2.69. The zero-order valence-electron chi connectivity index (χ0n) is 12.2. The first-order chi connectivity index (χ1) is 9.10. The second-order valence-electron chi connectivity index (χ2n) is 5.04. The molecule has 1 aromatic carbocycles. The molecule has 0 saturated carbocycles. The molecule has 1 unspecified atom stereocenters. The highest BCUT2D eigenvalue weighted by atomic mass is 16.4. The number of hydrogen-bond acceptors (Lipinski definition) is 3. The fourth-order valence-corrected chi connectivity index (χ4v) is 2.26. The maximum atomic E-state index is 5.59. The SMILES string of the molecule is CCc1cnc(CNC(C)c2ccc(C)cc2C)o1. The first-order valence-electron chi connectivity index (χ1n) is 6.84. The van der Waals surface area contributed by atoms with Crippen LogP contribution in [-0.4, -0.2) is 4.98 Å². The van der Waals surface area contributed by atoms with E-state index < -0.39 is 0 Å². The highest BCUT2D eigenvalue weighted by molar-refractivity contribution is 5.32. The average molecular weight is 258 g/mol. The van der Waals surface area contributed by atoms with E-state index in [0.29, 0.717) is 6.54 Å². The van der Waals surface area contributed by atoms with Gasteiger partial charge in [-0.3, -0.25) is 0 Å². The molecule has 0 fully saturated rings. The summed E-state index contributed by atoms with van der Waals surface area (Å²) in [6.45, 7) is 9.17. The minimum absolute atomic E-state index is 0.289. The van der Waals surface area contributed by atoms with Gasteiger partial charge >= 0.3 is 0 Å². The van der Waals surface area contributed by atoms with Crippen LogP contribution in [0.3, 0.4) is 0 Å². The van der Waals surface area contributed by atoms with Crippen molar-refractivity contribution in [1.29, 1.82) is 0 Å². The first-order valence-corrected chi connectivity index (χ1v) is 6.84. The Kier molecular flexibility index (Phi) is 4.38. The molecule has 0 spiro atoms. The molecule has 2 rings (SSSR count). The normalized spacial score (nSPS) is 12.6. The summed E-state index contributed by atoms with van der Waals surface area (Å²) in [4.78, 5) is 4.26. The Morgan fingerprint density at radius 2 is 2.11 bits per heavy atom. The lowest BCUT2D eigenvalue weighted by atomic mass is 10.0. The van der Waals surface area contributed by atoms with Crippen molar-refractivity contribution >= 4 is 0 Å². The van der Waals surface area contributed by atoms with Crippen LogP contribution in [0.1, 0.15) is 48.2 Å². The van der Waals surface area contributed by atoms with E-state index in [-0.39, 0.29) is 6.04 Å². The van der Waals surface area contributed by atoms with E-state index in [1.54, 1.807) is 6.20 Å². The molecule has 1 heterocycles. The fourth-order valence-electron chi connectivity index (χ4n) is 2.26. The number of nitrogens with zero attached hydrogens (tertiary/aromatic N) is 1. The van der Waals surface area contributed by atoms with Gasteiger partial charge in [0.15, 0.2) is 0 Å². The minimum atomic E-state index is 0.289. The van der Waals surface area contributed by atoms with E-state index in [0.717, 1.165) is 18.1 Å². The van der Waals surface area contributed by atoms with E-state index in [1.807, 2.05) is 0 Å². The lowest BCUT2D eigenvalue weighted by Gasteiger charge is -2.16. The molecule has 0 bridgehead atoms. The zero-order valence-corrected chi connectivity index (χ0v) is 12.2. The van der Waals surface area contributed by atoms with Gasteiger partial charge in [0, 0.05) is 12.5 Å². The summed E-state index contributed by atoms with van der Waals surface area (Å²) in [5, 5.41) is 3.46. The van der Waals surface area contributed by atoms with Crippen molar-refractivity contribution in [3.05, 3.63) is 52.7 Å². The fraction of sp³-hybridized carbons (Fsp3) is 0.438. The topological polar surface area (TPSA) is 38.1 Å². The van der Waals surface area contributed by atoms with E-state index in [4.69, 9.17) is 4.42 Å². The Bertz CT molecular complexity index is 545. The van der Waals surface area contributed by atoms with Gasteiger partial charge in [-0.1, -0.05) is 30.7 Å². The number of rotatable bonds is 5. The van der Waals surface area contributed by atoms with E-state index in [2.05, 4.69) is 56.2 Å². The van der Waals surface area contributed by atoms with E-state index in [1.165, 1.54) is 16.7 Å². The van der Waals surface area contributed by atoms with E-state index in [9.17, 15) is 0 Å². The van der Waals surface area contributed by atoms with Crippen molar-refractivity contribution in [2.45, 2.75) is 46.7 Å². The van der Waals surface area contributed by atoms with Crippen LogP contribution in [0, 0.1) is 13.8 Å². The molecule has 19 heavy (non-hydrogen) atoms. The third-order valence-corrected chi connectivity index (χ3v) is 3.40. The lowest BCUT2D eigenvalue weighted by Crippen LogP contribution is -2.19. The van der Waals surface area contributed by atoms with Gasteiger partial charge in [-0.2, -0.15) is 0 Å². The smallest absolute Gasteiger partial charge is 0.208 e. The Balaban J connectivity index is 1.98. The molecule has 0 aliphatic heterocycles. The molecule has 102 valence electrons. The summed E-state index contributed by atoms with van der Waals surface area (Å²) in [7, 11) is 0. The van der Waals surface area contributed by atoms with Crippen LogP contribution in [-0.2, 0) is 13.0 Å². The van der Waals surface area contributed by atoms with Crippen molar-refractivity contribution in [3.8, 4) is 0 Å². The number of benzene rings is 1. The first kappa shape index (κ1) is 13.8. The third-order valence-electron chi connectivity index (χ3n) is 3.40. The third kappa shape index (κ3) is 3.44.